The molecular formula is C17H17FN2. The number of hydrogen-bond donors (Lipinski definition) is 1. The summed E-state index contributed by atoms with van der Waals surface area (Å²) in [6.07, 6.45) is 0. The van der Waals surface area contributed by atoms with E-state index < -0.39 is 0 Å². The molecule has 0 saturated heterocycles. The lowest BCUT2D eigenvalue weighted by Gasteiger charge is -2.09. The molecule has 0 aliphatic heterocycles. The van der Waals surface area contributed by atoms with Crippen LogP contribution in [-0.2, 0) is 6.54 Å². The third-order valence-corrected chi connectivity index (χ3v) is 3.16. The van der Waals surface area contributed by atoms with Crippen molar-refractivity contribution in [1.29, 1.82) is 5.26 Å². The van der Waals surface area contributed by atoms with Crippen LogP contribution in [0.5, 0.6) is 0 Å². The van der Waals surface area contributed by atoms with E-state index in [1.165, 1.54) is 17.7 Å². The molecule has 0 bridgehead atoms. The van der Waals surface area contributed by atoms with Crippen molar-refractivity contribution >= 4 is 5.69 Å². The van der Waals surface area contributed by atoms with E-state index in [0.29, 0.717) is 18.0 Å². The minimum Gasteiger partial charge on any atom is -0.381 e. The molecule has 0 aromatic heterocycles. The highest BCUT2D eigenvalue weighted by Gasteiger charge is 2.02. The fraction of sp³-hybridized carbons (Fsp3) is 0.235. The van der Waals surface area contributed by atoms with Gasteiger partial charge in [-0.25, -0.2) is 4.39 Å². The van der Waals surface area contributed by atoms with Crippen LogP contribution in [0.2, 0.25) is 0 Å². The van der Waals surface area contributed by atoms with Crippen molar-refractivity contribution in [2.75, 3.05) is 5.32 Å². The molecule has 102 valence electrons. The molecule has 0 fully saturated rings. The minimum absolute atomic E-state index is 0.344. The van der Waals surface area contributed by atoms with Gasteiger partial charge in [-0.2, -0.15) is 5.26 Å². The van der Waals surface area contributed by atoms with E-state index in [4.69, 9.17) is 5.26 Å². The van der Waals surface area contributed by atoms with Crippen molar-refractivity contribution in [1.82, 2.24) is 0 Å². The Morgan fingerprint density at radius 2 is 1.85 bits per heavy atom. The second-order valence-corrected chi connectivity index (χ2v) is 5.09. The topological polar surface area (TPSA) is 35.8 Å². The fourth-order valence-corrected chi connectivity index (χ4v) is 2.01. The van der Waals surface area contributed by atoms with Crippen LogP contribution in [0.25, 0.3) is 0 Å². The Bertz CT molecular complexity index is 624. The molecule has 2 aromatic carbocycles. The zero-order chi connectivity index (χ0) is 14.5. The highest BCUT2D eigenvalue weighted by Crippen LogP contribution is 2.18. The molecule has 0 amide bonds. The predicted octanol–water partition coefficient (Wildman–Crippen LogP) is 4.43. The maximum absolute atomic E-state index is 13.3. The summed E-state index contributed by atoms with van der Waals surface area (Å²) in [4.78, 5) is 0. The van der Waals surface area contributed by atoms with Gasteiger partial charge in [-0.3, -0.25) is 0 Å². The van der Waals surface area contributed by atoms with E-state index in [-0.39, 0.29) is 5.82 Å². The van der Waals surface area contributed by atoms with Crippen molar-refractivity contribution in [3.05, 3.63) is 65.0 Å². The molecule has 0 spiro atoms. The standard InChI is InChI=1S/C17H17FN2/c1-12(2)15-3-5-17(6-4-15)20-11-14-7-13(10-19)8-16(18)9-14/h3-9,12,20H,11H2,1-2H3. The number of nitrogens with zero attached hydrogens (tertiary/aromatic N) is 1. The van der Waals surface area contributed by atoms with E-state index in [0.717, 1.165) is 11.3 Å². The average Bonchev–Trinajstić information content (AvgIpc) is 2.45. The van der Waals surface area contributed by atoms with Crippen LogP contribution in [0.1, 0.15) is 36.5 Å². The summed E-state index contributed by atoms with van der Waals surface area (Å²) in [6, 6.07) is 14.5. The molecule has 20 heavy (non-hydrogen) atoms. The van der Waals surface area contributed by atoms with Gasteiger partial charge in [0.1, 0.15) is 5.82 Å². The van der Waals surface area contributed by atoms with Crippen molar-refractivity contribution in [2.24, 2.45) is 0 Å². The number of benzene rings is 2. The number of anilines is 1. The normalized spacial score (nSPS) is 10.3. The predicted molar refractivity (Wildman–Crippen MR) is 79.0 cm³/mol. The van der Waals surface area contributed by atoms with Gasteiger partial charge in [0.15, 0.2) is 0 Å². The van der Waals surface area contributed by atoms with Crippen LogP contribution in [0.3, 0.4) is 0 Å². The molecule has 2 aromatic rings. The largest absolute Gasteiger partial charge is 0.381 e. The zero-order valence-corrected chi connectivity index (χ0v) is 11.7. The van der Waals surface area contributed by atoms with Gasteiger partial charge in [0.2, 0.25) is 0 Å². The fourth-order valence-electron chi connectivity index (χ4n) is 2.01. The van der Waals surface area contributed by atoms with Gasteiger partial charge in [-0.05, 0) is 47.4 Å². The molecule has 0 unspecified atom stereocenters. The van der Waals surface area contributed by atoms with Crippen LogP contribution in [-0.4, -0.2) is 0 Å². The van der Waals surface area contributed by atoms with Crippen molar-refractivity contribution in [2.45, 2.75) is 26.3 Å². The summed E-state index contributed by atoms with van der Waals surface area (Å²) in [5.74, 6) is 0.126. The average molecular weight is 268 g/mol. The first kappa shape index (κ1) is 14.1. The summed E-state index contributed by atoms with van der Waals surface area (Å²) in [7, 11) is 0. The van der Waals surface area contributed by atoms with Crippen molar-refractivity contribution in [3.8, 4) is 6.07 Å². The Morgan fingerprint density at radius 1 is 1.15 bits per heavy atom. The molecule has 2 nitrogen and oxygen atoms in total. The Balaban J connectivity index is 2.05. The molecule has 0 aliphatic carbocycles. The van der Waals surface area contributed by atoms with Gasteiger partial charge >= 0.3 is 0 Å². The van der Waals surface area contributed by atoms with E-state index in [1.54, 1.807) is 6.07 Å². The monoisotopic (exact) mass is 268 g/mol. The van der Waals surface area contributed by atoms with E-state index in [9.17, 15) is 4.39 Å². The van der Waals surface area contributed by atoms with Gasteiger partial charge in [-0.15, -0.1) is 0 Å². The summed E-state index contributed by atoms with van der Waals surface area (Å²) >= 11 is 0. The smallest absolute Gasteiger partial charge is 0.124 e. The molecule has 0 atom stereocenters. The third kappa shape index (κ3) is 3.58. The van der Waals surface area contributed by atoms with Crippen LogP contribution in [0, 0.1) is 17.1 Å². The zero-order valence-electron chi connectivity index (χ0n) is 11.7. The molecule has 2 rings (SSSR count). The molecular weight excluding hydrogens is 251 g/mol. The SMILES string of the molecule is CC(C)c1ccc(NCc2cc(F)cc(C#N)c2)cc1. The van der Waals surface area contributed by atoms with Crippen LogP contribution >= 0.6 is 0 Å². The Labute approximate surface area is 118 Å². The molecule has 0 radical (unpaired) electrons. The van der Waals surface area contributed by atoms with Crippen molar-refractivity contribution < 1.29 is 4.39 Å². The van der Waals surface area contributed by atoms with Gasteiger partial charge in [0, 0.05) is 12.2 Å². The maximum atomic E-state index is 13.3. The quantitative estimate of drug-likeness (QED) is 0.890. The number of rotatable bonds is 4. The van der Waals surface area contributed by atoms with Gasteiger partial charge < -0.3 is 5.32 Å². The molecule has 1 N–H and O–H groups in total. The third-order valence-electron chi connectivity index (χ3n) is 3.16. The summed E-state index contributed by atoms with van der Waals surface area (Å²) in [5, 5.41) is 12.0. The lowest BCUT2D eigenvalue weighted by molar-refractivity contribution is 0.625. The van der Waals surface area contributed by atoms with Gasteiger partial charge in [0.25, 0.3) is 0 Å². The van der Waals surface area contributed by atoms with E-state index in [2.05, 4.69) is 31.3 Å². The summed E-state index contributed by atoms with van der Waals surface area (Å²) in [6.45, 7) is 4.80. The molecule has 3 heteroatoms. The lowest BCUT2D eigenvalue weighted by atomic mass is 10.0. The first-order valence-electron chi connectivity index (χ1n) is 6.62. The van der Waals surface area contributed by atoms with Crippen LogP contribution in [0.15, 0.2) is 42.5 Å². The Hall–Kier alpha value is -2.34. The second-order valence-electron chi connectivity index (χ2n) is 5.09. The Morgan fingerprint density at radius 3 is 2.45 bits per heavy atom. The lowest BCUT2D eigenvalue weighted by Crippen LogP contribution is -2.00. The van der Waals surface area contributed by atoms with Gasteiger partial charge in [-0.1, -0.05) is 26.0 Å². The highest BCUT2D eigenvalue weighted by atomic mass is 19.1. The molecule has 0 heterocycles. The van der Waals surface area contributed by atoms with Crippen LogP contribution in [0.4, 0.5) is 10.1 Å². The summed E-state index contributed by atoms with van der Waals surface area (Å²) < 4.78 is 13.3. The minimum atomic E-state index is -0.379. The number of nitrogens with one attached hydrogen (secondary N) is 1. The van der Waals surface area contributed by atoms with E-state index >= 15 is 0 Å². The number of nitriles is 1. The maximum Gasteiger partial charge on any atom is 0.124 e. The number of hydrogen-bond acceptors (Lipinski definition) is 2. The van der Waals surface area contributed by atoms with Crippen molar-refractivity contribution in [3.63, 3.8) is 0 Å². The first-order chi connectivity index (χ1) is 9.58. The number of halogens is 1. The first-order valence-corrected chi connectivity index (χ1v) is 6.62. The van der Waals surface area contributed by atoms with Crippen LogP contribution < -0.4 is 5.32 Å². The van der Waals surface area contributed by atoms with Gasteiger partial charge in [0.05, 0.1) is 11.6 Å². The molecule has 0 aliphatic rings. The highest BCUT2D eigenvalue weighted by molar-refractivity contribution is 5.46. The van der Waals surface area contributed by atoms with E-state index in [1.807, 2.05) is 18.2 Å². The molecule has 0 saturated carbocycles. The Kier molecular flexibility index (Phi) is 4.37. The summed E-state index contributed by atoms with van der Waals surface area (Å²) in [5.41, 5.74) is 3.37. The second kappa shape index (κ2) is 6.21.